The molecule has 1 aliphatic rings. The maximum absolute atomic E-state index is 14.2. The van der Waals surface area contributed by atoms with Crippen molar-refractivity contribution in [2.75, 3.05) is 31.1 Å². The van der Waals surface area contributed by atoms with Crippen molar-refractivity contribution in [1.29, 1.82) is 0 Å². The predicted molar refractivity (Wildman–Crippen MR) is 158 cm³/mol. The van der Waals surface area contributed by atoms with Gasteiger partial charge in [0.2, 0.25) is 0 Å². The summed E-state index contributed by atoms with van der Waals surface area (Å²) >= 11 is 6.41. The molecule has 39 heavy (non-hydrogen) atoms. The molecule has 0 aliphatic carbocycles. The summed E-state index contributed by atoms with van der Waals surface area (Å²) in [5.41, 5.74) is 4.79. The van der Waals surface area contributed by atoms with Crippen molar-refractivity contribution in [1.82, 2.24) is 4.90 Å². The van der Waals surface area contributed by atoms with Gasteiger partial charge in [-0.05, 0) is 106 Å². The number of halogens is 1. The average molecular weight is 571 g/mol. The highest BCUT2D eigenvalue weighted by Gasteiger charge is 2.29. The molecular weight excluding hydrogens is 532 g/mol. The van der Waals surface area contributed by atoms with E-state index in [0.29, 0.717) is 38.3 Å². The van der Waals surface area contributed by atoms with Gasteiger partial charge in [0.15, 0.2) is 0 Å². The number of sulfonamides is 1. The second-order valence-electron chi connectivity index (χ2n) is 10.6. The van der Waals surface area contributed by atoms with Gasteiger partial charge in [0.1, 0.15) is 5.75 Å². The maximum atomic E-state index is 14.2. The summed E-state index contributed by atoms with van der Waals surface area (Å²) in [5, 5.41) is 10.1. The number of benzene rings is 3. The highest BCUT2D eigenvalue weighted by atomic mass is 35.5. The number of rotatable bonds is 11. The first-order chi connectivity index (χ1) is 18.6. The zero-order valence-electron chi connectivity index (χ0n) is 23.3. The van der Waals surface area contributed by atoms with Crippen molar-refractivity contribution >= 4 is 27.3 Å². The minimum atomic E-state index is -3.92. The molecule has 1 aliphatic heterocycles. The van der Waals surface area contributed by atoms with Gasteiger partial charge in [0.25, 0.3) is 10.0 Å². The number of nitrogens with zero attached hydrogens (tertiary/aromatic N) is 2. The van der Waals surface area contributed by atoms with E-state index >= 15 is 0 Å². The summed E-state index contributed by atoms with van der Waals surface area (Å²) in [4.78, 5) is 2.82. The molecule has 0 unspecified atom stereocenters. The predicted octanol–water partition coefficient (Wildman–Crippen LogP) is 6.41. The Morgan fingerprint density at radius 1 is 1.05 bits per heavy atom. The van der Waals surface area contributed by atoms with Crippen molar-refractivity contribution in [2.45, 2.75) is 63.9 Å². The lowest BCUT2D eigenvalue weighted by molar-refractivity contribution is 0.115. The minimum Gasteiger partial charge on any atom is -0.508 e. The summed E-state index contributed by atoms with van der Waals surface area (Å²) in [6, 6.07) is 16.7. The van der Waals surface area contributed by atoms with Gasteiger partial charge in [-0.3, -0.25) is 9.21 Å². The molecule has 0 amide bonds. The van der Waals surface area contributed by atoms with Crippen LogP contribution in [0.5, 0.6) is 5.75 Å². The molecule has 3 aromatic carbocycles. The molecule has 1 heterocycles. The van der Waals surface area contributed by atoms with Crippen LogP contribution in [0.3, 0.4) is 0 Å². The van der Waals surface area contributed by atoms with E-state index < -0.39 is 10.0 Å². The molecule has 210 valence electrons. The Morgan fingerprint density at radius 3 is 2.38 bits per heavy atom. The Bertz CT molecular complexity index is 1370. The molecule has 3 aromatic rings. The molecule has 0 bridgehead atoms. The lowest BCUT2D eigenvalue weighted by atomic mass is 10.1. The van der Waals surface area contributed by atoms with Crippen LogP contribution >= 0.6 is 11.6 Å². The SMILES string of the molecule is COC[C@@H]1CCCN1CCCc1ccc(N(Cc2ccc(O)cc2Cl)S(=O)(=O)c2c(C)cc(C)cc2C)cc1. The monoisotopic (exact) mass is 570 g/mol. The molecule has 6 nitrogen and oxygen atoms in total. The first-order valence-corrected chi connectivity index (χ1v) is 15.3. The number of phenolic OH excluding ortho intramolecular Hbond substituents is 1. The number of phenols is 1. The van der Waals surface area contributed by atoms with Gasteiger partial charge in [0.05, 0.1) is 23.7 Å². The van der Waals surface area contributed by atoms with Crippen molar-refractivity contribution < 1.29 is 18.3 Å². The summed E-state index contributed by atoms with van der Waals surface area (Å²) in [6.45, 7) is 8.61. The fourth-order valence-corrected chi connectivity index (χ4v) is 7.80. The Kier molecular flexibility index (Phi) is 9.60. The Labute approximate surface area is 238 Å². The topological polar surface area (TPSA) is 70.1 Å². The molecule has 1 N–H and O–H groups in total. The molecule has 8 heteroatoms. The molecule has 0 saturated carbocycles. The van der Waals surface area contributed by atoms with E-state index in [2.05, 4.69) is 4.90 Å². The lowest BCUT2D eigenvalue weighted by Crippen LogP contribution is -2.33. The molecule has 0 spiro atoms. The van der Waals surface area contributed by atoms with E-state index in [1.165, 1.54) is 34.8 Å². The summed E-state index contributed by atoms with van der Waals surface area (Å²) in [6.07, 6.45) is 4.37. The van der Waals surface area contributed by atoms with Crippen LogP contribution in [0.1, 0.15) is 47.1 Å². The van der Waals surface area contributed by atoms with Gasteiger partial charge in [-0.25, -0.2) is 8.42 Å². The van der Waals surface area contributed by atoms with Crippen molar-refractivity contribution in [3.63, 3.8) is 0 Å². The van der Waals surface area contributed by atoms with Gasteiger partial charge < -0.3 is 9.84 Å². The molecular formula is C31H39ClN2O4S. The highest BCUT2D eigenvalue weighted by Crippen LogP contribution is 2.33. The van der Waals surface area contributed by atoms with Gasteiger partial charge in [-0.15, -0.1) is 0 Å². The number of methoxy groups -OCH3 is 1. The van der Waals surface area contributed by atoms with Crippen LogP contribution in [0.4, 0.5) is 5.69 Å². The Morgan fingerprint density at radius 2 is 1.74 bits per heavy atom. The highest BCUT2D eigenvalue weighted by molar-refractivity contribution is 7.92. The standard InChI is InChI=1S/C31H39ClN2O4S/c1-22-17-23(2)31(24(3)18-22)39(36,37)34(20-26-11-14-29(35)19-30(26)32)27-12-9-25(10-13-27)7-5-15-33-16-6-8-28(33)21-38-4/h9-14,17-19,28,35H,5-8,15-16,20-21H2,1-4H3/t28-/m0/s1. The number of hydrogen-bond donors (Lipinski definition) is 1. The molecule has 1 atom stereocenters. The van der Waals surface area contributed by atoms with Gasteiger partial charge in [0, 0.05) is 18.2 Å². The first kappa shape index (κ1) is 29.4. The number of aromatic hydroxyl groups is 1. The van der Waals surface area contributed by atoms with E-state index in [0.717, 1.165) is 38.1 Å². The normalized spacial score (nSPS) is 16.1. The quantitative estimate of drug-likeness (QED) is 0.288. The van der Waals surface area contributed by atoms with E-state index in [-0.39, 0.29) is 12.3 Å². The minimum absolute atomic E-state index is 0.0372. The third-order valence-electron chi connectivity index (χ3n) is 7.50. The zero-order valence-corrected chi connectivity index (χ0v) is 24.9. The molecule has 0 aromatic heterocycles. The van der Waals surface area contributed by atoms with E-state index in [9.17, 15) is 13.5 Å². The zero-order chi connectivity index (χ0) is 28.2. The van der Waals surface area contributed by atoms with E-state index in [4.69, 9.17) is 16.3 Å². The third-order valence-corrected chi connectivity index (χ3v) is 9.93. The first-order valence-electron chi connectivity index (χ1n) is 13.5. The van der Waals surface area contributed by atoms with Gasteiger partial charge >= 0.3 is 0 Å². The number of ether oxygens (including phenoxy) is 1. The van der Waals surface area contributed by atoms with Crippen LogP contribution in [0.2, 0.25) is 5.02 Å². The molecule has 0 radical (unpaired) electrons. The summed E-state index contributed by atoms with van der Waals surface area (Å²) in [5.74, 6) is 0.0372. The smallest absolute Gasteiger partial charge is 0.265 e. The van der Waals surface area contributed by atoms with Crippen LogP contribution < -0.4 is 4.31 Å². The van der Waals surface area contributed by atoms with Crippen molar-refractivity contribution in [2.24, 2.45) is 0 Å². The number of likely N-dealkylation sites (tertiary alicyclic amines) is 1. The second kappa shape index (κ2) is 12.7. The van der Waals surface area contributed by atoms with Crippen LogP contribution in [0.15, 0.2) is 59.5 Å². The van der Waals surface area contributed by atoms with Crippen LogP contribution in [0.25, 0.3) is 0 Å². The van der Waals surface area contributed by atoms with Gasteiger partial charge in [-0.2, -0.15) is 0 Å². The fraction of sp³-hybridized carbons (Fsp3) is 0.419. The molecule has 1 fully saturated rings. The lowest BCUT2D eigenvalue weighted by Gasteiger charge is -2.27. The largest absolute Gasteiger partial charge is 0.508 e. The van der Waals surface area contributed by atoms with E-state index in [1.54, 1.807) is 13.2 Å². The van der Waals surface area contributed by atoms with Crippen LogP contribution in [-0.2, 0) is 27.7 Å². The van der Waals surface area contributed by atoms with Crippen LogP contribution in [0, 0.1) is 20.8 Å². The van der Waals surface area contributed by atoms with Crippen LogP contribution in [-0.4, -0.2) is 51.3 Å². The molecule has 1 saturated heterocycles. The fourth-order valence-electron chi connectivity index (χ4n) is 5.70. The Balaban J connectivity index is 1.59. The average Bonchev–Trinajstić information content (AvgIpc) is 3.30. The van der Waals surface area contributed by atoms with Gasteiger partial charge in [-0.1, -0.05) is 47.5 Å². The summed E-state index contributed by atoms with van der Waals surface area (Å²) in [7, 11) is -2.15. The number of aryl methyl sites for hydroxylation is 4. The third kappa shape index (κ3) is 6.95. The van der Waals surface area contributed by atoms with Crippen molar-refractivity contribution in [3.8, 4) is 5.75 Å². The Hall–Kier alpha value is -2.58. The summed E-state index contributed by atoms with van der Waals surface area (Å²) < 4.78 is 35.1. The van der Waals surface area contributed by atoms with E-state index in [1.807, 2.05) is 57.2 Å². The van der Waals surface area contributed by atoms with Crippen molar-refractivity contribution in [3.05, 3.63) is 87.4 Å². The molecule has 4 rings (SSSR count). The number of anilines is 1. The second-order valence-corrected chi connectivity index (χ2v) is 12.8. The maximum Gasteiger partial charge on any atom is 0.265 e. The number of hydrogen-bond acceptors (Lipinski definition) is 5.